The predicted molar refractivity (Wildman–Crippen MR) is 88.2 cm³/mol. The zero-order valence-corrected chi connectivity index (χ0v) is 11.6. The lowest BCUT2D eigenvalue weighted by atomic mass is 10.1. The Balaban J connectivity index is 2.00. The Morgan fingerprint density at radius 3 is 2.73 bits per heavy atom. The van der Waals surface area contributed by atoms with Crippen LogP contribution in [0.5, 0.6) is 0 Å². The van der Waals surface area contributed by atoms with Gasteiger partial charge in [0, 0.05) is 17.6 Å². The highest BCUT2D eigenvalue weighted by atomic mass is 16.6. The number of para-hydroxylation sites is 1. The molecular weight excluding hydrogens is 278 g/mol. The van der Waals surface area contributed by atoms with Gasteiger partial charge in [-0.15, -0.1) is 0 Å². The number of anilines is 1. The minimum atomic E-state index is -0.478. The Labute approximate surface area is 126 Å². The maximum Gasteiger partial charge on any atom is 0.292 e. The number of nitrogen functional groups attached to an aromatic ring is 1. The summed E-state index contributed by atoms with van der Waals surface area (Å²) in [7, 11) is 0. The second kappa shape index (κ2) is 5.65. The first-order valence-corrected chi connectivity index (χ1v) is 6.71. The molecule has 0 radical (unpaired) electrons. The van der Waals surface area contributed by atoms with Crippen LogP contribution in [0.1, 0.15) is 11.1 Å². The second-order valence-electron chi connectivity index (χ2n) is 4.83. The van der Waals surface area contributed by atoms with Gasteiger partial charge in [-0.3, -0.25) is 15.1 Å². The summed E-state index contributed by atoms with van der Waals surface area (Å²) in [5, 5.41) is 11.9. The highest BCUT2D eigenvalue weighted by molar-refractivity contribution is 5.90. The van der Waals surface area contributed by atoms with E-state index in [1.807, 2.05) is 42.5 Å². The van der Waals surface area contributed by atoms with E-state index in [2.05, 4.69) is 4.98 Å². The lowest BCUT2D eigenvalue weighted by Gasteiger charge is -2.01. The third kappa shape index (κ3) is 2.64. The molecule has 3 rings (SSSR count). The minimum absolute atomic E-state index is 0.0817. The lowest BCUT2D eigenvalue weighted by molar-refractivity contribution is -0.383. The molecule has 1 heterocycles. The van der Waals surface area contributed by atoms with Gasteiger partial charge in [0.05, 0.1) is 10.4 Å². The molecule has 0 aliphatic carbocycles. The first-order chi connectivity index (χ1) is 10.6. The molecule has 5 nitrogen and oxygen atoms in total. The smallest absolute Gasteiger partial charge is 0.292 e. The fraction of sp³-hybridized carbons (Fsp3) is 0. The van der Waals surface area contributed by atoms with E-state index in [1.165, 1.54) is 6.07 Å². The standard InChI is InChI=1S/C17H13N3O2/c18-15-8-6-12(11-17(15)20(21)22)5-7-13-9-10-19-16-4-2-1-3-14(13)16/h1-11H,18H2/b7-5+. The largest absolute Gasteiger partial charge is 0.393 e. The van der Waals surface area contributed by atoms with Gasteiger partial charge in [0.15, 0.2) is 0 Å². The van der Waals surface area contributed by atoms with E-state index in [0.717, 1.165) is 22.0 Å². The number of nitrogens with two attached hydrogens (primary N) is 1. The van der Waals surface area contributed by atoms with Crippen LogP contribution in [0.2, 0.25) is 0 Å². The third-order valence-electron chi connectivity index (χ3n) is 3.39. The lowest BCUT2D eigenvalue weighted by Crippen LogP contribution is -1.95. The van der Waals surface area contributed by atoms with Gasteiger partial charge >= 0.3 is 0 Å². The van der Waals surface area contributed by atoms with Crippen molar-refractivity contribution in [2.75, 3.05) is 5.73 Å². The number of hydrogen-bond donors (Lipinski definition) is 1. The van der Waals surface area contributed by atoms with Crippen LogP contribution in [0.4, 0.5) is 11.4 Å². The molecule has 2 N–H and O–H groups in total. The summed E-state index contributed by atoms with van der Waals surface area (Å²) < 4.78 is 0. The van der Waals surface area contributed by atoms with E-state index in [-0.39, 0.29) is 11.4 Å². The maximum atomic E-state index is 10.9. The first-order valence-electron chi connectivity index (χ1n) is 6.71. The van der Waals surface area contributed by atoms with E-state index in [9.17, 15) is 10.1 Å². The number of nitrogens with zero attached hydrogens (tertiary/aromatic N) is 2. The van der Waals surface area contributed by atoms with E-state index in [4.69, 9.17) is 5.73 Å². The minimum Gasteiger partial charge on any atom is -0.393 e. The van der Waals surface area contributed by atoms with Crippen molar-refractivity contribution in [2.24, 2.45) is 0 Å². The van der Waals surface area contributed by atoms with Crippen molar-refractivity contribution in [2.45, 2.75) is 0 Å². The van der Waals surface area contributed by atoms with Crippen molar-refractivity contribution in [3.8, 4) is 0 Å². The Morgan fingerprint density at radius 2 is 1.91 bits per heavy atom. The van der Waals surface area contributed by atoms with Gasteiger partial charge in [0.1, 0.15) is 5.69 Å². The highest BCUT2D eigenvalue weighted by Gasteiger charge is 2.10. The molecule has 0 aliphatic rings. The van der Waals surface area contributed by atoms with E-state index < -0.39 is 4.92 Å². The molecule has 0 amide bonds. The monoisotopic (exact) mass is 291 g/mol. The first kappa shape index (κ1) is 13.8. The van der Waals surface area contributed by atoms with Crippen molar-refractivity contribution in [3.05, 3.63) is 76.0 Å². The molecule has 0 saturated carbocycles. The summed E-state index contributed by atoms with van der Waals surface area (Å²) in [6.07, 6.45) is 5.49. The molecule has 22 heavy (non-hydrogen) atoms. The van der Waals surface area contributed by atoms with Crippen LogP contribution in [0.25, 0.3) is 23.1 Å². The summed E-state index contributed by atoms with van der Waals surface area (Å²) in [4.78, 5) is 14.7. The molecule has 0 unspecified atom stereocenters. The van der Waals surface area contributed by atoms with Gasteiger partial charge in [-0.1, -0.05) is 36.4 Å². The van der Waals surface area contributed by atoms with Gasteiger partial charge in [-0.2, -0.15) is 0 Å². The summed E-state index contributed by atoms with van der Waals surface area (Å²) in [5.74, 6) is 0. The van der Waals surface area contributed by atoms with Gasteiger partial charge in [0.25, 0.3) is 5.69 Å². The number of rotatable bonds is 3. The van der Waals surface area contributed by atoms with Crippen molar-refractivity contribution in [1.82, 2.24) is 4.98 Å². The second-order valence-corrected chi connectivity index (χ2v) is 4.83. The number of benzene rings is 2. The van der Waals surface area contributed by atoms with Gasteiger partial charge < -0.3 is 5.73 Å². The van der Waals surface area contributed by atoms with E-state index in [1.54, 1.807) is 18.3 Å². The van der Waals surface area contributed by atoms with Crippen LogP contribution >= 0.6 is 0 Å². The third-order valence-corrected chi connectivity index (χ3v) is 3.39. The molecule has 0 aliphatic heterocycles. The van der Waals surface area contributed by atoms with E-state index in [0.29, 0.717) is 0 Å². The van der Waals surface area contributed by atoms with Gasteiger partial charge in [0.2, 0.25) is 0 Å². The molecular formula is C17H13N3O2. The van der Waals surface area contributed by atoms with Crippen molar-refractivity contribution in [3.63, 3.8) is 0 Å². The fourth-order valence-electron chi connectivity index (χ4n) is 2.27. The molecule has 5 heteroatoms. The van der Waals surface area contributed by atoms with Crippen molar-refractivity contribution >= 4 is 34.4 Å². The number of fused-ring (bicyclic) bond motifs is 1. The van der Waals surface area contributed by atoms with Crippen molar-refractivity contribution < 1.29 is 4.92 Å². The Bertz CT molecular complexity index is 883. The summed E-state index contributed by atoms with van der Waals surface area (Å²) >= 11 is 0. The van der Waals surface area contributed by atoms with Gasteiger partial charge in [-0.05, 0) is 29.3 Å². The zero-order valence-electron chi connectivity index (χ0n) is 11.6. The number of pyridine rings is 1. The Hall–Kier alpha value is -3.21. The quantitative estimate of drug-likeness (QED) is 0.451. The molecule has 3 aromatic rings. The van der Waals surface area contributed by atoms with Crippen molar-refractivity contribution in [1.29, 1.82) is 0 Å². The summed E-state index contributed by atoms with van der Waals surface area (Å²) in [6.45, 7) is 0. The van der Waals surface area contributed by atoms with E-state index >= 15 is 0 Å². The normalized spacial score (nSPS) is 11.1. The molecule has 0 spiro atoms. The van der Waals surface area contributed by atoms with Crippen LogP contribution in [-0.4, -0.2) is 9.91 Å². The Kier molecular flexibility index (Phi) is 3.53. The van der Waals surface area contributed by atoms with Crippen LogP contribution in [-0.2, 0) is 0 Å². The number of aromatic nitrogens is 1. The average Bonchev–Trinajstić information content (AvgIpc) is 2.53. The molecule has 0 fully saturated rings. The molecule has 0 saturated heterocycles. The number of nitro benzene ring substituents is 1. The van der Waals surface area contributed by atoms with Crippen LogP contribution in [0.3, 0.4) is 0 Å². The Morgan fingerprint density at radius 1 is 1.09 bits per heavy atom. The van der Waals surface area contributed by atoms with Crippen LogP contribution in [0.15, 0.2) is 54.7 Å². The summed E-state index contributed by atoms with van der Waals surface area (Å²) in [6, 6.07) is 14.5. The SMILES string of the molecule is Nc1ccc(/C=C/c2ccnc3ccccc23)cc1[N+](=O)[O-]. The highest BCUT2D eigenvalue weighted by Crippen LogP contribution is 2.24. The predicted octanol–water partition coefficient (Wildman–Crippen LogP) is 3.90. The molecule has 0 atom stereocenters. The zero-order chi connectivity index (χ0) is 15.5. The average molecular weight is 291 g/mol. The maximum absolute atomic E-state index is 10.9. The summed E-state index contributed by atoms with van der Waals surface area (Å²) in [5.41, 5.74) is 8.32. The van der Waals surface area contributed by atoms with Gasteiger partial charge in [-0.25, -0.2) is 0 Å². The molecule has 0 bridgehead atoms. The topological polar surface area (TPSA) is 82.0 Å². The molecule has 1 aromatic heterocycles. The molecule has 108 valence electrons. The van der Waals surface area contributed by atoms with Crippen LogP contribution < -0.4 is 5.73 Å². The fourth-order valence-corrected chi connectivity index (χ4v) is 2.27. The van der Waals surface area contributed by atoms with Crippen LogP contribution in [0, 0.1) is 10.1 Å². The number of hydrogen-bond acceptors (Lipinski definition) is 4. The molecule has 2 aromatic carbocycles. The number of nitro groups is 1.